The number of ether oxygens (including phenoxy) is 5. The molecular formula is C60H63FN4O11S2Si. The van der Waals surface area contributed by atoms with Gasteiger partial charge in [-0.3, -0.25) is 4.18 Å². The number of carboxylic acids is 1. The van der Waals surface area contributed by atoms with Crippen molar-refractivity contribution in [3.05, 3.63) is 168 Å². The Morgan fingerprint density at radius 1 is 0.848 bits per heavy atom. The minimum atomic E-state index is -4.14. The number of thiophene rings is 1. The number of benzene rings is 5. The summed E-state index contributed by atoms with van der Waals surface area (Å²) in [5.74, 6) is 0.725. The average Bonchev–Trinajstić information content (AvgIpc) is 3.98. The Bertz CT molecular complexity index is 3570. The van der Waals surface area contributed by atoms with Crippen LogP contribution in [-0.4, -0.2) is 86.9 Å². The fraction of sp³-hybridized carbons (Fsp3) is 0.283. The van der Waals surface area contributed by atoms with E-state index in [-0.39, 0.29) is 48.7 Å². The van der Waals surface area contributed by atoms with Gasteiger partial charge in [-0.25, -0.2) is 29.1 Å². The molecule has 1 unspecified atom stereocenters. The summed E-state index contributed by atoms with van der Waals surface area (Å²) >= 11 is 1.32. The van der Waals surface area contributed by atoms with Crippen LogP contribution in [0.4, 0.5) is 4.39 Å². The third-order valence-corrected chi connectivity index (χ3v) is 20.3. The van der Waals surface area contributed by atoms with E-state index in [9.17, 15) is 22.7 Å². The van der Waals surface area contributed by atoms with E-state index < -0.39 is 42.4 Å². The molecule has 15 nitrogen and oxygen atoms in total. The summed E-state index contributed by atoms with van der Waals surface area (Å²) in [4.78, 5) is 33.3. The van der Waals surface area contributed by atoms with Gasteiger partial charge in [-0.15, -0.1) is 17.9 Å². The van der Waals surface area contributed by atoms with Crippen LogP contribution in [0.5, 0.6) is 28.9 Å². The highest BCUT2D eigenvalue weighted by atomic mass is 32.2. The molecule has 8 rings (SSSR count). The van der Waals surface area contributed by atoms with Gasteiger partial charge in [-0.2, -0.15) is 8.42 Å². The van der Waals surface area contributed by atoms with Crippen molar-refractivity contribution >= 4 is 46.0 Å². The summed E-state index contributed by atoms with van der Waals surface area (Å²) in [6.45, 7) is 19.9. The van der Waals surface area contributed by atoms with Gasteiger partial charge >= 0.3 is 5.97 Å². The van der Waals surface area contributed by atoms with E-state index in [1.807, 2.05) is 51.1 Å². The molecular weight excluding hydrogens is 1060 g/mol. The van der Waals surface area contributed by atoms with Gasteiger partial charge in [-0.1, -0.05) is 68.8 Å². The number of aliphatic carboxylic acids is 1. The maximum absolute atomic E-state index is 14.5. The fourth-order valence-electron chi connectivity index (χ4n) is 8.42. The molecule has 0 radical (unpaired) electrons. The van der Waals surface area contributed by atoms with E-state index >= 15 is 0 Å². The molecule has 1 N–H and O–H groups in total. The van der Waals surface area contributed by atoms with E-state index in [1.165, 1.54) is 41.9 Å². The Balaban J connectivity index is 1.16. The van der Waals surface area contributed by atoms with Gasteiger partial charge in [-0.05, 0) is 134 Å². The molecule has 0 aliphatic rings. The first-order chi connectivity index (χ1) is 37.6. The van der Waals surface area contributed by atoms with E-state index in [4.69, 9.17) is 37.3 Å². The molecule has 0 spiro atoms. The molecule has 2 atom stereocenters. The molecule has 0 bridgehead atoms. The molecule has 5 aromatic carbocycles. The number of nitrogens with zero attached hydrogens (tertiary/aromatic N) is 4. The van der Waals surface area contributed by atoms with Crippen LogP contribution in [0.3, 0.4) is 0 Å². The monoisotopic (exact) mass is 1130 g/mol. The Morgan fingerprint density at radius 2 is 1.57 bits per heavy atom. The zero-order chi connectivity index (χ0) is 56.6. The van der Waals surface area contributed by atoms with Crippen molar-refractivity contribution in [3.63, 3.8) is 0 Å². The first-order valence-corrected chi connectivity index (χ1v) is 30.5. The first kappa shape index (κ1) is 57.6. The minimum Gasteiger partial charge on any atom is -0.543 e. The number of rotatable bonds is 24. The SMILES string of the molecule is C=CCOC[C@H](COS(=O)(=O)c1ccc(C)cc1)Oc1cc(C)c(-c2c(-c3ccc(F)cc3)sc3ncnc(OC(Cc4cc(O[Si](C)(C)C(C)(C)C)ccc4OCc4ccnc(-c5ccccc5OC)n4)C(=O)O)c23)c(C)c1. The Hall–Kier alpha value is -7.55. The van der Waals surface area contributed by atoms with E-state index in [0.29, 0.717) is 71.9 Å². The third-order valence-electron chi connectivity index (χ3n) is 13.5. The quantitative estimate of drug-likeness (QED) is 0.0260. The fourth-order valence-corrected chi connectivity index (χ4v) is 11.5. The number of fused-ring (bicyclic) bond motifs is 1. The van der Waals surface area contributed by atoms with Gasteiger partial charge in [0.2, 0.25) is 20.3 Å². The van der Waals surface area contributed by atoms with Crippen molar-refractivity contribution in [3.8, 4) is 61.8 Å². The molecule has 19 heteroatoms. The number of carbonyl (C=O) groups is 1. The summed E-state index contributed by atoms with van der Waals surface area (Å²) in [6, 6.07) is 30.6. The van der Waals surface area contributed by atoms with Crippen LogP contribution in [0.1, 0.15) is 48.7 Å². The zero-order valence-electron chi connectivity index (χ0n) is 45.5. The molecule has 412 valence electrons. The molecule has 3 heterocycles. The van der Waals surface area contributed by atoms with E-state index in [2.05, 4.69) is 55.4 Å². The van der Waals surface area contributed by atoms with Gasteiger partial charge < -0.3 is 33.2 Å². The number of methoxy groups -OCH3 is 1. The smallest absolute Gasteiger partial charge is 0.345 e. The van der Waals surface area contributed by atoms with Crippen LogP contribution in [0, 0.1) is 26.6 Å². The Labute approximate surface area is 465 Å². The van der Waals surface area contributed by atoms with E-state index in [0.717, 1.165) is 22.3 Å². The minimum absolute atomic E-state index is 0.00325. The predicted molar refractivity (Wildman–Crippen MR) is 306 cm³/mol. The van der Waals surface area contributed by atoms with Crippen molar-refractivity contribution in [2.24, 2.45) is 0 Å². The van der Waals surface area contributed by atoms with E-state index in [1.54, 1.807) is 74.0 Å². The van der Waals surface area contributed by atoms with Crippen LogP contribution in [-0.2, 0) is 36.9 Å². The Morgan fingerprint density at radius 3 is 2.25 bits per heavy atom. The number of carboxylic acid groups (broad SMARTS) is 1. The van der Waals surface area contributed by atoms with Crippen LogP contribution < -0.4 is 23.4 Å². The normalized spacial score (nSPS) is 12.7. The first-order valence-electron chi connectivity index (χ1n) is 25.4. The average molecular weight is 1130 g/mol. The number of aryl methyl sites for hydroxylation is 3. The van der Waals surface area contributed by atoms with Gasteiger partial charge in [0, 0.05) is 28.6 Å². The van der Waals surface area contributed by atoms with Crippen molar-refractivity contribution in [2.75, 3.05) is 26.9 Å². The largest absolute Gasteiger partial charge is 0.543 e. The topological polar surface area (TPSA) is 188 Å². The number of halogens is 1. The molecule has 0 saturated heterocycles. The third kappa shape index (κ3) is 13.8. The molecule has 0 aliphatic carbocycles. The molecule has 0 fully saturated rings. The van der Waals surface area contributed by atoms with Gasteiger partial charge in [0.15, 0.2) is 5.82 Å². The van der Waals surface area contributed by atoms with Gasteiger partial charge in [0.05, 0.1) is 41.9 Å². The van der Waals surface area contributed by atoms with Crippen LogP contribution >= 0.6 is 11.3 Å². The number of para-hydroxylation sites is 1. The van der Waals surface area contributed by atoms with Crippen LogP contribution in [0.2, 0.25) is 18.1 Å². The van der Waals surface area contributed by atoms with Crippen molar-refractivity contribution in [1.82, 2.24) is 19.9 Å². The standard InChI is InChI=1S/C60H63FN4O11S2Si/c1-11-28-71-34-46(35-73-78(68,69)47-23-16-37(2)17-24-47)74-45-29-38(3)52(39(4)30-45)53-54-57(63-36-64-58(54)77-55(53)40-18-20-42(61)21-19-40)75-51(59(66)67)32-41-31-44(76-79(9,10)60(5,6)7)22-25-49(41)72-33-43-26-27-62-56(65-43)48-14-12-13-15-50(48)70-8/h11-27,29-31,36,46,51H,1,28,32-35H2,2-10H3,(H,66,67)/t46-,51?/m1/s1. The molecule has 0 amide bonds. The second kappa shape index (κ2) is 24.6. The molecule has 3 aromatic heterocycles. The van der Waals surface area contributed by atoms with Crippen molar-refractivity contribution in [2.45, 2.75) is 89.8 Å². The summed E-state index contributed by atoms with van der Waals surface area (Å²) < 4.78 is 84.0. The Kier molecular flexibility index (Phi) is 18.0. The van der Waals surface area contributed by atoms with Crippen LogP contribution in [0.25, 0.3) is 43.2 Å². The lowest BCUT2D eigenvalue weighted by atomic mass is 9.92. The second-order valence-electron chi connectivity index (χ2n) is 20.4. The van der Waals surface area contributed by atoms with Gasteiger partial charge in [0.1, 0.15) is 59.3 Å². The summed E-state index contributed by atoms with van der Waals surface area (Å²) in [6.07, 6.45) is 1.98. The van der Waals surface area contributed by atoms with Crippen LogP contribution in [0.15, 0.2) is 139 Å². The number of hydrogen-bond acceptors (Lipinski definition) is 15. The van der Waals surface area contributed by atoms with Gasteiger partial charge in [0.25, 0.3) is 10.1 Å². The molecule has 0 saturated carbocycles. The molecule has 8 aromatic rings. The predicted octanol–water partition coefficient (Wildman–Crippen LogP) is 12.9. The second-order valence-corrected chi connectivity index (χ2v) is 27.7. The lowest BCUT2D eigenvalue weighted by molar-refractivity contribution is -0.145. The summed E-state index contributed by atoms with van der Waals surface area (Å²) in [7, 11) is -4.92. The summed E-state index contributed by atoms with van der Waals surface area (Å²) in [5, 5.41) is 11.3. The maximum atomic E-state index is 14.5. The lowest BCUT2D eigenvalue weighted by Gasteiger charge is -2.36. The maximum Gasteiger partial charge on any atom is 0.345 e. The number of aromatic nitrogens is 4. The van der Waals surface area contributed by atoms with Crippen molar-refractivity contribution in [1.29, 1.82) is 0 Å². The summed E-state index contributed by atoms with van der Waals surface area (Å²) in [5.41, 5.74) is 6.15. The highest BCUT2D eigenvalue weighted by molar-refractivity contribution is 7.86. The zero-order valence-corrected chi connectivity index (χ0v) is 48.2. The highest BCUT2D eigenvalue weighted by Crippen LogP contribution is 2.49. The molecule has 79 heavy (non-hydrogen) atoms. The lowest BCUT2D eigenvalue weighted by Crippen LogP contribution is -2.43. The molecule has 0 aliphatic heterocycles. The highest BCUT2D eigenvalue weighted by Gasteiger charge is 2.39. The number of hydrogen-bond donors (Lipinski definition) is 1. The van der Waals surface area contributed by atoms with Crippen molar-refractivity contribution < 1.29 is 55.0 Å².